The largest absolute Gasteiger partial charge is 0.480 e. The molecule has 0 saturated heterocycles. The molecule has 0 aliphatic rings. The third-order valence-electron chi connectivity index (χ3n) is 3.68. The number of benzene rings is 1. The predicted octanol–water partition coefficient (Wildman–Crippen LogP) is -0.347. The summed E-state index contributed by atoms with van der Waals surface area (Å²) in [7, 11) is 0. The lowest BCUT2D eigenvalue weighted by Gasteiger charge is -2.19. The molecular formula is C16H20N4O4S. The Labute approximate surface area is 149 Å². The molecule has 9 heteroatoms. The van der Waals surface area contributed by atoms with Crippen molar-refractivity contribution < 1.29 is 19.5 Å². The molecule has 6 N–H and O–H groups in total. The molecule has 0 aliphatic carbocycles. The summed E-state index contributed by atoms with van der Waals surface area (Å²) in [5.41, 5.74) is 7.36. The normalized spacial score (nSPS) is 13.2. The summed E-state index contributed by atoms with van der Waals surface area (Å²) in [6.07, 6.45) is 1.95. The average molecular weight is 364 g/mol. The number of carbonyl (C=O) groups is 3. The molecule has 2 amide bonds. The number of nitrogens with two attached hydrogens (primary N) is 1. The first-order chi connectivity index (χ1) is 11.9. The number of fused-ring (bicyclic) bond motifs is 1. The van der Waals surface area contributed by atoms with Gasteiger partial charge in [0.05, 0.1) is 6.04 Å². The zero-order valence-electron chi connectivity index (χ0n) is 13.4. The number of carboxylic acid groups (broad SMARTS) is 1. The molecule has 1 aromatic carbocycles. The zero-order valence-corrected chi connectivity index (χ0v) is 14.3. The van der Waals surface area contributed by atoms with Gasteiger partial charge in [0.15, 0.2) is 0 Å². The number of nitrogens with one attached hydrogen (secondary N) is 3. The van der Waals surface area contributed by atoms with Gasteiger partial charge in [0.2, 0.25) is 11.8 Å². The SMILES string of the molecule is NC(CS)C(=O)NC(Cc1c[nH]c2ccccc12)C(=O)NCC(=O)O. The third-order valence-corrected chi connectivity index (χ3v) is 4.07. The van der Waals surface area contributed by atoms with Crippen LogP contribution in [0, 0.1) is 0 Å². The maximum absolute atomic E-state index is 12.3. The van der Waals surface area contributed by atoms with Crippen LogP contribution in [-0.2, 0) is 20.8 Å². The Balaban J connectivity index is 2.19. The summed E-state index contributed by atoms with van der Waals surface area (Å²) >= 11 is 3.97. The predicted molar refractivity (Wildman–Crippen MR) is 96.4 cm³/mol. The number of para-hydroxylation sites is 1. The fourth-order valence-electron chi connectivity index (χ4n) is 2.38. The molecule has 25 heavy (non-hydrogen) atoms. The van der Waals surface area contributed by atoms with Gasteiger partial charge >= 0.3 is 5.97 Å². The number of aromatic amines is 1. The highest BCUT2D eigenvalue weighted by Gasteiger charge is 2.25. The number of amides is 2. The number of hydrogen-bond acceptors (Lipinski definition) is 5. The van der Waals surface area contributed by atoms with E-state index in [-0.39, 0.29) is 12.2 Å². The van der Waals surface area contributed by atoms with Crippen molar-refractivity contribution >= 4 is 41.3 Å². The number of rotatable bonds is 8. The second kappa shape index (κ2) is 8.54. The number of H-pyrrole nitrogens is 1. The van der Waals surface area contributed by atoms with Crippen LogP contribution in [0.25, 0.3) is 10.9 Å². The van der Waals surface area contributed by atoms with Gasteiger partial charge in [0.1, 0.15) is 12.6 Å². The van der Waals surface area contributed by atoms with Crippen molar-refractivity contribution in [3.63, 3.8) is 0 Å². The van der Waals surface area contributed by atoms with E-state index in [1.54, 1.807) is 6.20 Å². The molecule has 2 unspecified atom stereocenters. The smallest absolute Gasteiger partial charge is 0.322 e. The monoisotopic (exact) mass is 364 g/mol. The number of aromatic nitrogens is 1. The third kappa shape index (κ3) is 4.97. The van der Waals surface area contributed by atoms with Gasteiger partial charge in [0, 0.05) is 29.3 Å². The molecule has 8 nitrogen and oxygen atoms in total. The van der Waals surface area contributed by atoms with Crippen LogP contribution in [0.15, 0.2) is 30.5 Å². The molecule has 0 saturated carbocycles. The van der Waals surface area contributed by atoms with Crippen molar-refractivity contribution in [1.29, 1.82) is 0 Å². The second-order valence-corrected chi connectivity index (χ2v) is 5.89. The van der Waals surface area contributed by atoms with Crippen molar-refractivity contribution in [2.45, 2.75) is 18.5 Å². The van der Waals surface area contributed by atoms with Crippen LogP contribution in [0.3, 0.4) is 0 Å². The summed E-state index contributed by atoms with van der Waals surface area (Å²) in [4.78, 5) is 38.1. The van der Waals surface area contributed by atoms with Gasteiger partial charge in [0.25, 0.3) is 0 Å². The van der Waals surface area contributed by atoms with Crippen molar-refractivity contribution in [3.8, 4) is 0 Å². The van der Waals surface area contributed by atoms with E-state index >= 15 is 0 Å². The van der Waals surface area contributed by atoms with Gasteiger partial charge in [-0.3, -0.25) is 14.4 Å². The highest BCUT2D eigenvalue weighted by Crippen LogP contribution is 2.19. The first-order valence-corrected chi connectivity index (χ1v) is 8.27. The molecule has 2 rings (SSSR count). The van der Waals surface area contributed by atoms with Gasteiger partial charge in [-0.1, -0.05) is 18.2 Å². The standard InChI is InChI=1S/C16H20N4O4S/c17-11(8-25)15(23)20-13(16(24)19-7-14(21)22)5-9-6-18-12-4-2-1-3-10(9)12/h1-4,6,11,13,18,25H,5,7-8,17H2,(H,19,24)(H,20,23)(H,21,22). The van der Waals surface area contributed by atoms with E-state index in [1.807, 2.05) is 24.3 Å². The van der Waals surface area contributed by atoms with E-state index in [4.69, 9.17) is 10.8 Å². The summed E-state index contributed by atoms with van der Waals surface area (Å²) in [6.45, 7) is -0.530. The number of aliphatic carboxylic acids is 1. The Hall–Kier alpha value is -2.52. The molecule has 0 spiro atoms. The Kier molecular flexibility index (Phi) is 6.43. The van der Waals surface area contributed by atoms with Crippen LogP contribution < -0.4 is 16.4 Å². The van der Waals surface area contributed by atoms with Crippen molar-refractivity contribution in [2.75, 3.05) is 12.3 Å². The molecule has 0 aliphatic heterocycles. The minimum absolute atomic E-state index is 0.127. The van der Waals surface area contributed by atoms with E-state index in [0.717, 1.165) is 16.5 Å². The van der Waals surface area contributed by atoms with Crippen LogP contribution in [0.5, 0.6) is 0 Å². The van der Waals surface area contributed by atoms with Gasteiger partial charge < -0.3 is 26.5 Å². The topological polar surface area (TPSA) is 137 Å². The Morgan fingerprint density at radius 3 is 2.64 bits per heavy atom. The minimum Gasteiger partial charge on any atom is -0.480 e. The Morgan fingerprint density at radius 1 is 1.24 bits per heavy atom. The second-order valence-electron chi connectivity index (χ2n) is 5.53. The molecule has 0 bridgehead atoms. The summed E-state index contributed by atoms with van der Waals surface area (Å²) in [6, 6.07) is 5.74. The first-order valence-electron chi connectivity index (χ1n) is 7.63. The van der Waals surface area contributed by atoms with Crippen LogP contribution >= 0.6 is 12.6 Å². The highest BCUT2D eigenvalue weighted by atomic mass is 32.1. The number of hydrogen-bond donors (Lipinski definition) is 6. The summed E-state index contributed by atoms with van der Waals surface area (Å²) in [5.74, 6) is -2.15. The molecule has 0 fully saturated rings. The Morgan fingerprint density at radius 2 is 1.96 bits per heavy atom. The van der Waals surface area contributed by atoms with E-state index < -0.39 is 36.4 Å². The molecule has 134 valence electrons. The molecule has 0 radical (unpaired) electrons. The lowest BCUT2D eigenvalue weighted by atomic mass is 10.0. The molecular weight excluding hydrogens is 344 g/mol. The van der Waals surface area contributed by atoms with E-state index in [1.165, 1.54) is 0 Å². The van der Waals surface area contributed by atoms with Crippen LogP contribution in [0.2, 0.25) is 0 Å². The van der Waals surface area contributed by atoms with Crippen molar-refractivity contribution in [2.24, 2.45) is 5.73 Å². The first kappa shape index (κ1) is 18.8. The van der Waals surface area contributed by atoms with Crippen molar-refractivity contribution in [3.05, 3.63) is 36.0 Å². The summed E-state index contributed by atoms with van der Waals surface area (Å²) in [5, 5.41) is 14.5. The van der Waals surface area contributed by atoms with E-state index in [0.29, 0.717) is 0 Å². The lowest BCUT2D eigenvalue weighted by molar-refractivity contribution is -0.138. The van der Waals surface area contributed by atoms with Gasteiger partial charge in [-0.2, -0.15) is 12.6 Å². The fraction of sp³-hybridized carbons (Fsp3) is 0.312. The molecule has 1 heterocycles. The maximum atomic E-state index is 12.3. The van der Waals surface area contributed by atoms with Crippen LogP contribution in [0.4, 0.5) is 0 Å². The number of thiol groups is 1. The lowest BCUT2D eigenvalue weighted by Crippen LogP contribution is -2.53. The zero-order chi connectivity index (χ0) is 18.4. The van der Waals surface area contributed by atoms with E-state index in [2.05, 4.69) is 28.2 Å². The molecule has 1 aromatic heterocycles. The molecule has 2 atom stereocenters. The summed E-state index contributed by atoms with van der Waals surface area (Å²) < 4.78 is 0. The Bertz CT molecular complexity index is 776. The average Bonchev–Trinajstić information content (AvgIpc) is 3.01. The quantitative estimate of drug-likeness (QED) is 0.356. The molecule has 2 aromatic rings. The highest BCUT2D eigenvalue weighted by molar-refractivity contribution is 7.80. The fourth-order valence-corrected chi connectivity index (χ4v) is 2.54. The number of carboxylic acids is 1. The van der Waals surface area contributed by atoms with Gasteiger partial charge in [-0.25, -0.2) is 0 Å². The van der Waals surface area contributed by atoms with E-state index in [9.17, 15) is 14.4 Å². The maximum Gasteiger partial charge on any atom is 0.322 e. The minimum atomic E-state index is -1.17. The van der Waals surface area contributed by atoms with Crippen LogP contribution in [0.1, 0.15) is 5.56 Å². The van der Waals surface area contributed by atoms with Gasteiger partial charge in [-0.15, -0.1) is 0 Å². The number of carbonyl (C=O) groups excluding carboxylic acids is 2. The van der Waals surface area contributed by atoms with Crippen molar-refractivity contribution in [1.82, 2.24) is 15.6 Å². The van der Waals surface area contributed by atoms with Crippen LogP contribution in [-0.4, -0.2) is 52.3 Å². The van der Waals surface area contributed by atoms with Gasteiger partial charge in [-0.05, 0) is 11.6 Å².